The van der Waals surface area contributed by atoms with Crippen molar-refractivity contribution in [2.45, 2.75) is 37.8 Å². The molecule has 0 aliphatic heterocycles. The van der Waals surface area contributed by atoms with Crippen molar-refractivity contribution in [3.8, 4) is 11.5 Å². The van der Waals surface area contributed by atoms with E-state index in [2.05, 4.69) is 5.32 Å². The molecule has 0 aliphatic carbocycles. The summed E-state index contributed by atoms with van der Waals surface area (Å²) in [5.74, 6) is -0.336. The topological polar surface area (TPSA) is 105 Å². The number of halogens is 1. The van der Waals surface area contributed by atoms with E-state index in [0.29, 0.717) is 17.3 Å². The molecule has 1 N–H and O–H groups in total. The summed E-state index contributed by atoms with van der Waals surface area (Å²) in [6.45, 7) is 3.61. The van der Waals surface area contributed by atoms with E-state index in [-0.39, 0.29) is 35.2 Å². The van der Waals surface area contributed by atoms with Crippen molar-refractivity contribution in [3.63, 3.8) is 0 Å². The van der Waals surface area contributed by atoms with Crippen LogP contribution in [0.5, 0.6) is 11.5 Å². The molecule has 9 nitrogen and oxygen atoms in total. The lowest BCUT2D eigenvalue weighted by molar-refractivity contribution is -0.140. The van der Waals surface area contributed by atoms with Gasteiger partial charge in [0.25, 0.3) is 10.0 Å². The first-order valence-electron chi connectivity index (χ1n) is 14.7. The maximum absolute atomic E-state index is 14.5. The Morgan fingerprint density at radius 2 is 1.52 bits per heavy atom. The van der Waals surface area contributed by atoms with E-state index in [9.17, 15) is 18.0 Å². The van der Waals surface area contributed by atoms with Crippen molar-refractivity contribution in [1.29, 1.82) is 0 Å². The van der Waals surface area contributed by atoms with Gasteiger partial charge in [0.2, 0.25) is 11.8 Å². The fraction of sp³-hybridized carbons (Fsp3) is 0.257. The van der Waals surface area contributed by atoms with Gasteiger partial charge in [0, 0.05) is 30.6 Å². The number of aryl methyl sites for hydroxylation is 1. The summed E-state index contributed by atoms with van der Waals surface area (Å²) in [6.07, 6.45) is 0.230. The Balaban J connectivity index is 1.82. The van der Waals surface area contributed by atoms with Crippen LogP contribution in [-0.2, 0) is 32.6 Å². The standard InChI is InChI=1S/C35H38ClN3O6S/c1-5-37-35(41)31(21-26-11-7-6-8-12-26)38(23-27-13-9-10-25(2)20-27)34(40)24-39(29-16-14-28(36)15-17-29)46(42,43)30-18-19-32(44-3)33(22-30)45-4/h6-20,22,31H,5,21,23-24H2,1-4H3,(H,37,41)/t31-/m0/s1. The summed E-state index contributed by atoms with van der Waals surface area (Å²) in [4.78, 5) is 29.5. The molecule has 0 fully saturated rings. The number of methoxy groups -OCH3 is 2. The molecule has 4 rings (SSSR count). The van der Waals surface area contributed by atoms with Crippen LogP contribution in [0, 0.1) is 6.92 Å². The average Bonchev–Trinajstić information content (AvgIpc) is 3.05. The van der Waals surface area contributed by atoms with Crippen LogP contribution in [0.2, 0.25) is 5.02 Å². The Kier molecular flexibility index (Phi) is 11.7. The highest BCUT2D eigenvalue weighted by Crippen LogP contribution is 2.33. The van der Waals surface area contributed by atoms with Gasteiger partial charge >= 0.3 is 0 Å². The molecule has 1 atom stereocenters. The molecule has 0 radical (unpaired) electrons. The molecule has 242 valence electrons. The Bertz CT molecular complexity index is 1750. The first-order valence-corrected chi connectivity index (χ1v) is 16.6. The number of carbonyl (C=O) groups is 2. The number of hydrogen-bond acceptors (Lipinski definition) is 6. The molecular weight excluding hydrogens is 626 g/mol. The predicted octanol–water partition coefficient (Wildman–Crippen LogP) is 5.64. The van der Waals surface area contributed by atoms with Gasteiger partial charge in [-0.1, -0.05) is 71.8 Å². The van der Waals surface area contributed by atoms with Gasteiger partial charge in [-0.3, -0.25) is 13.9 Å². The van der Waals surface area contributed by atoms with Gasteiger partial charge in [0.15, 0.2) is 11.5 Å². The highest BCUT2D eigenvalue weighted by atomic mass is 35.5. The van der Waals surface area contributed by atoms with Crippen molar-refractivity contribution in [3.05, 3.63) is 119 Å². The van der Waals surface area contributed by atoms with E-state index in [1.54, 1.807) is 12.1 Å². The van der Waals surface area contributed by atoms with Crippen LogP contribution >= 0.6 is 11.6 Å². The third-order valence-electron chi connectivity index (χ3n) is 7.39. The normalized spacial score (nSPS) is 11.8. The summed E-state index contributed by atoms with van der Waals surface area (Å²) < 4.78 is 40.3. The van der Waals surface area contributed by atoms with Gasteiger partial charge in [0.1, 0.15) is 12.6 Å². The minimum absolute atomic E-state index is 0.0833. The number of nitrogens with one attached hydrogen (secondary N) is 1. The van der Waals surface area contributed by atoms with Gasteiger partial charge in [-0.25, -0.2) is 8.42 Å². The third kappa shape index (κ3) is 8.38. The van der Waals surface area contributed by atoms with E-state index in [4.69, 9.17) is 21.1 Å². The van der Waals surface area contributed by atoms with Gasteiger partial charge in [-0.15, -0.1) is 0 Å². The first-order chi connectivity index (χ1) is 22.1. The van der Waals surface area contributed by atoms with Crippen LogP contribution in [0.25, 0.3) is 0 Å². The van der Waals surface area contributed by atoms with E-state index in [1.165, 1.54) is 49.5 Å². The molecule has 4 aromatic carbocycles. The lowest BCUT2D eigenvalue weighted by Gasteiger charge is -2.34. The van der Waals surface area contributed by atoms with Crippen molar-refractivity contribution < 1.29 is 27.5 Å². The van der Waals surface area contributed by atoms with Crippen LogP contribution in [-0.4, -0.2) is 58.5 Å². The zero-order chi connectivity index (χ0) is 33.3. The molecule has 0 heterocycles. The number of amides is 2. The van der Waals surface area contributed by atoms with E-state index >= 15 is 0 Å². The second-order valence-electron chi connectivity index (χ2n) is 10.6. The molecule has 4 aromatic rings. The third-order valence-corrected chi connectivity index (χ3v) is 9.42. The predicted molar refractivity (Wildman–Crippen MR) is 180 cm³/mol. The van der Waals surface area contributed by atoms with E-state index in [0.717, 1.165) is 21.0 Å². The molecular formula is C35H38ClN3O6S. The minimum Gasteiger partial charge on any atom is -0.493 e. The monoisotopic (exact) mass is 663 g/mol. The summed E-state index contributed by atoms with van der Waals surface area (Å²) in [5, 5.41) is 3.27. The fourth-order valence-electron chi connectivity index (χ4n) is 5.09. The number of ether oxygens (including phenoxy) is 2. The molecule has 0 aliphatic rings. The number of nitrogens with zero attached hydrogens (tertiary/aromatic N) is 2. The Hall–Kier alpha value is -4.54. The van der Waals surface area contributed by atoms with E-state index < -0.39 is 28.5 Å². The molecule has 46 heavy (non-hydrogen) atoms. The second-order valence-corrected chi connectivity index (χ2v) is 12.9. The Morgan fingerprint density at radius 1 is 0.848 bits per heavy atom. The smallest absolute Gasteiger partial charge is 0.264 e. The molecule has 11 heteroatoms. The molecule has 0 spiro atoms. The van der Waals surface area contributed by atoms with Crippen molar-refractivity contribution in [1.82, 2.24) is 10.2 Å². The summed E-state index contributed by atoms with van der Waals surface area (Å²) >= 11 is 6.14. The average molecular weight is 664 g/mol. The zero-order valence-corrected chi connectivity index (χ0v) is 27.8. The first kappa shape index (κ1) is 34.3. The summed E-state index contributed by atoms with van der Waals surface area (Å²) in [6, 6.07) is 26.5. The maximum atomic E-state index is 14.5. The number of carbonyl (C=O) groups excluding carboxylic acids is 2. The summed E-state index contributed by atoms with van der Waals surface area (Å²) in [5.41, 5.74) is 2.87. The van der Waals surface area contributed by atoms with Crippen LogP contribution < -0.4 is 19.1 Å². The lowest BCUT2D eigenvalue weighted by atomic mass is 10.0. The quantitative estimate of drug-likeness (QED) is 0.187. The van der Waals surface area contributed by atoms with Gasteiger partial charge in [-0.2, -0.15) is 0 Å². The van der Waals surface area contributed by atoms with Gasteiger partial charge in [0.05, 0.1) is 24.8 Å². The maximum Gasteiger partial charge on any atom is 0.264 e. The van der Waals surface area contributed by atoms with Gasteiger partial charge < -0.3 is 19.7 Å². The van der Waals surface area contributed by atoms with E-state index in [1.807, 2.05) is 68.4 Å². The molecule has 0 saturated heterocycles. The van der Waals surface area contributed by atoms with Crippen molar-refractivity contribution >= 4 is 39.1 Å². The van der Waals surface area contributed by atoms with Crippen LogP contribution in [0.4, 0.5) is 5.69 Å². The summed E-state index contributed by atoms with van der Waals surface area (Å²) in [7, 11) is -1.48. The number of anilines is 1. The van der Waals surface area contributed by atoms with Crippen LogP contribution in [0.3, 0.4) is 0 Å². The highest BCUT2D eigenvalue weighted by Gasteiger charge is 2.35. The van der Waals surface area contributed by atoms with Crippen LogP contribution in [0.1, 0.15) is 23.6 Å². The largest absolute Gasteiger partial charge is 0.493 e. The van der Waals surface area contributed by atoms with Gasteiger partial charge in [-0.05, 0) is 61.4 Å². The van der Waals surface area contributed by atoms with Crippen molar-refractivity contribution in [2.75, 3.05) is 31.6 Å². The molecule has 0 aromatic heterocycles. The number of likely N-dealkylation sites (N-methyl/N-ethyl adjacent to an activating group) is 1. The highest BCUT2D eigenvalue weighted by molar-refractivity contribution is 7.92. The lowest BCUT2D eigenvalue weighted by Crippen LogP contribution is -2.53. The number of benzene rings is 4. The number of rotatable bonds is 14. The van der Waals surface area contributed by atoms with Crippen LogP contribution in [0.15, 0.2) is 102 Å². The minimum atomic E-state index is -4.34. The molecule has 0 bridgehead atoms. The second kappa shape index (κ2) is 15.6. The SMILES string of the molecule is CCNC(=O)[C@H](Cc1ccccc1)N(Cc1cccc(C)c1)C(=O)CN(c1ccc(Cl)cc1)S(=O)(=O)c1ccc(OC)c(OC)c1. The molecule has 0 unspecified atom stereocenters. The number of hydrogen-bond donors (Lipinski definition) is 1. The molecule has 2 amide bonds. The number of sulfonamides is 1. The van der Waals surface area contributed by atoms with Crippen molar-refractivity contribution in [2.24, 2.45) is 0 Å². The zero-order valence-electron chi connectivity index (χ0n) is 26.3. The molecule has 0 saturated carbocycles. The fourth-order valence-corrected chi connectivity index (χ4v) is 6.65. The Morgan fingerprint density at radius 3 is 2.15 bits per heavy atom. The Labute approximate surface area is 275 Å².